The molecular weight excluding hydrogens is 230 g/mol. The second kappa shape index (κ2) is 5.14. The topological polar surface area (TPSA) is 69.9 Å². The molecular formula is C14H11NO3. The Bertz CT molecular complexity index is 588. The number of phenols is 2. The summed E-state index contributed by atoms with van der Waals surface area (Å²) in [6.45, 7) is 0. The standard InChI is InChI=1S/C14H11NO3/c16-13-5-3-10(4-6-13)1-2-11-7-12(15-18)9-14(17)8-11/h1-9,16-17H/b2-1-. The van der Waals surface area contributed by atoms with Crippen molar-refractivity contribution >= 4 is 17.8 Å². The second-order valence-electron chi connectivity index (χ2n) is 3.80. The summed E-state index contributed by atoms with van der Waals surface area (Å²) < 4.78 is 0. The predicted molar refractivity (Wildman–Crippen MR) is 70.6 cm³/mol. The van der Waals surface area contributed by atoms with Crippen LogP contribution >= 0.6 is 0 Å². The lowest BCUT2D eigenvalue weighted by Crippen LogP contribution is -1.74. The molecule has 0 fully saturated rings. The van der Waals surface area contributed by atoms with Gasteiger partial charge in [-0.3, -0.25) is 0 Å². The van der Waals surface area contributed by atoms with E-state index in [9.17, 15) is 10.0 Å². The lowest BCUT2D eigenvalue weighted by atomic mass is 10.1. The highest BCUT2D eigenvalue weighted by Gasteiger charge is 1.98. The van der Waals surface area contributed by atoms with Crippen LogP contribution < -0.4 is 0 Å². The molecule has 0 heterocycles. The molecule has 0 bridgehead atoms. The average Bonchev–Trinajstić information content (AvgIpc) is 2.37. The Hall–Kier alpha value is -2.62. The van der Waals surface area contributed by atoms with Gasteiger partial charge in [-0.05, 0) is 40.6 Å². The molecule has 0 unspecified atom stereocenters. The first-order valence-electron chi connectivity index (χ1n) is 5.32. The van der Waals surface area contributed by atoms with Crippen LogP contribution in [0, 0.1) is 4.91 Å². The van der Waals surface area contributed by atoms with E-state index in [1.165, 1.54) is 12.1 Å². The zero-order valence-electron chi connectivity index (χ0n) is 9.45. The summed E-state index contributed by atoms with van der Waals surface area (Å²) in [5, 5.41) is 21.3. The van der Waals surface area contributed by atoms with Crippen molar-refractivity contribution in [1.29, 1.82) is 0 Å². The number of nitrogens with zero attached hydrogens (tertiary/aromatic N) is 1. The van der Waals surface area contributed by atoms with Crippen LogP contribution in [0.2, 0.25) is 0 Å². The quantitative estimate of drug-likeness (QED) is 0.636. The number of phenolic OH excluding ortho intramolecular Hbond substituents is 2. The summed E-state index contributed by atoms with van der Waals surface area (Å²) in [6.07, 6.45) is 3.56. The first kappa shape index (κ1) is 11.9. The fraction of sp³-hybridized carbons (Fsp3) is 0. The number of aromatic hydroxyl groups is 2. The number of benzene rings is 2. The van der Waals surface area contributed by atoms with Crippen molar-refractivity contribution in [2.24, 2.45) is 5.18 Å². The van der Waals surface area contributed by atoms with Crippen LogP contribution in [0.3, 0.4) is 0 Å². The van der Waals surface area contributed by atoms with Crippen molar-refractivity contribution < 1.29 is 10.2 Å². The van der Waals surface area contributed by atoms with Gasteiger partial charge in [0.25, 0.3) is 0 Å². The van der Waals surface area contributed by atoms with Gasteiger partial charge in [-0.2, -0.15) is 0 Å². The van der Waals surface area contributed by atoms with E-state index in [1.54, 1.807) is 36.4 Å². The van der Waals surface area contributed by atoms with Gasteiger partial charge in [0.1, 0.15) is 17.2 Å². The van der Waals surface area contributed by atoms with E-state index in [-0.39, 0.29) is 17.2 Å². The maximum atomic E-state index is 10.4. The highest BCUT2D eigenvalue weighted by Crippen LogP contribution is 2.23. The molecule has 0 aromatic heterocycles. The number of hydrogen-bond donors (Lipinski definition) is 2. The van der Waals surface area contributed by atoms with Gasteiger partial charge in [0.2, 0.25) is 0 Å². The van der Waals surface area contributed by atoms with Gasteiger partial charge in [-0.15, -0.1) is 4.91 Å². The van der Waals surface area contributed by atoms with Crippen LogP contribution in [0.5, 0.6) is 11.5 Å². The minimum Gasteiger partial charge on any atom is -0.508 e. The molecule has 4 heteroatoms. The Morgan fingerprint density at radius 3 is 2.17 bits per heavy atom. The van der Waals surface area contributed by atoms with Gasteiger partial charge in [-0.1, -0.05) is 24.3 Å². The summed E-state index contributed by atoms with van der Waals surface area (Å²) in [5.41, 5.74) is 1.76. The highest BCUT2D eigenvalue weighted by atomic mass is 16.3. The van der Waals surface area contributed by atoms with Crippen LogP contribution in [0.1, 0.15) is 11.1 Å². The fourth-order valence-electron chi connectivity index (χ4n) is 1.54. The van der Waals surface area contributed by atoms with Gasteiger partial charge >= 0.3 is 0 Å². The third kappa shape index (κ3) is 2.95. The smallest absolute Gasteiger partial charge is 0.118 e. The predicted octanol–water partition coefficient (Wildman–Crippen LogP) is 3.67. The van der Waals surface area contributed by atoms with E-state index >= 15 is 0 Å². The molecule has 0 saturated heterocycles. The fourth-order valence-corrected chi connectivity index (χ4v) is 1.54. The minimum atomic E-state index is -0.00236. The third-order valence-corrected chi connectivity index (χ3v) is 2.39. The molecule has 2 N–H and O–H groups in total. The molecule has 2 aromatic carbocycles. The van der Waals surface area contributed by atoms with E-state index in [0.29, 0.717) is 5.56 Å². The summed E-state index contributed by atoms with van der Waals surface area (Å²) in [6, 6.07) is 11.1. The monoisotopic (exact) mass is 241 g/mol. The third-order valence-electron chi connectivity index (χ3n) is 2.39. The summed E-state index contributed by atoms with van der Waals surface area (Å²) in [4.78, 5) is 10.4. The molecule has 0 saturated carbocycles. The zero-order chi connectivity index (χ0) is 13.0. The second-order valence-corrected chi connectivity index (χ2v) is 3.80. The average molecular weight is 241 g/mol. The number of rotatable bonds is 3. The first-order chi connectivity index (χ1) is 8.67. The maximum absolute atomic E-state index is 10.4. The van der Waals surface area contributed by atoms with Gasteiger partial charge in [0.05, 0.1) is 0 Å². The number of hydrogen-bond acceptors (Lipinski definition) is 4. The lowest BCUT2D eigenvalue weighted by Gasteiger charge is -1.98. The maximum Gasteiger partial charge on any atom is 0.118 e. The van der Waals surface area contributed by atoms with Crippen LogP contribution in [0.4, 0.5) is 5.69 Å². The summed E-state index contributed by atoms with van der Waals surface area (Å²) >= 11 is 0. The van der Waals surface area contributed by atoms with Crippen LogP contribution in [0.15, 0.2) is 47.6 Å². The van der Waals surface area contributed by atoms with Crippen molar-refractivity contribution in [3.05, 3.63) is 58.5 Å². The SMILES string of the molecule is O=Nc1cc(O)cc(/C=C\c2ccc(O)cc2)c1. The van der Waals surface area contributed by atoms with Crippen molar-refractivity contribution in [2.75, 3.05) is 0 Å². The van der Waals surface area contributed by atoms with Gasteiger partial charge in [0.15, 0.2) is 0 Å². The zero-order valence-corrected chi connectivity index (χ0v) is 9.45. The molecule has 2 aromatic rings. The van der Waals surface area contributed by atoms with Crippen molar-refractivity contribution in [2.45, 2.75) is 0 Å². The Labute approximate surface area is 104 Å². The Balaban J connectivity index is 2.25. The first-order valence-corrected chi connectivity index (χ1v) is 5.32. The minimum absolute atomic E-state index is 0.00236. The van der Waals surface area contributed by atoms with E-state index in [2.05, 4.69) is 5.18 Å². The molecule has 0 amide bonds. The molecule has 2 rings (SSSR count). The Morgan fingerprint density at radius 1 is 0.833 bits per heavy atom. The van der Waals surface area contributed by atoms with Gasteiger partial charge < -0.3 is 10.2 Å². The molecule has 0 atom stereocenters. The van der Waals surface area contributed by atoms with Crippen molar-refractivity contribution in [3.63, 3.8) is 0 Å². The van der Waals surface area contributed by atoms with Crippen molar-refractivity contribution in [1.82, 2.24) is 0 Å². The van der Waals surface area contributed by atoms with Crippen molar-refractivity contribution in [3.8, 4) is 11.5 Å². The van der Waals surface area contributed by atoms with E-state index in [1.807, 2.05) is 6.08 Å². The molecule has 0 radical (unpaired) electrons. The molecule has 90 valence electrons. The van der Waals surface area contributed by atoms with E-state index < -0.39 is 0 Å². The Morgan fingerprint density at radius 2 is 1.50 bits per heavy atom. The normalized spacial score (nSPS) is 10.7. The molecule has 4 nitrogen and oxygen atoms in total. The summed E-state index contributed by atoms with van der Waals surface area (Å²) in [7, 11) is 0. The van der Waals surface area contributed by atoms with Crippen LogP contribution in [-0.2, 0) is 0 Å². The number of nitroso groups, excluding NO2 is 1. The lowest BCUT2D eigenvalue weighted by molar-refractivity contribution is 0.475. The Kier molecular flexibility index (Phi) is 3.38. The van der Waals surface area contributed by atoms with Gasteiger partial charge in [0, 0.05) is 6.07 Å². The molecule has 0 aliphatic heterocycles. The van der Waals surface area contributed by atoms with E-state index in [4.69, 9.17) is 5.11 Å². The molecule has 18 heavy (non-hydrogen) atoms. The van der Waals surface area contributed by atoms with Crippen LogP contribution in [0.25, 0.3) is 12.2 Å². The van der Waals surface area contributed by atoms with Crippen LogP contribution in [-0.4, -0.2) is 10.2 Å². The molecule has 0 aliphatic rings. The van der Waals surface area contributed by atoms with E-state index in [0.717, 1.165) is 5.56 Å². The largest absolute Gasteiger partial charge is 0.508 e. The van der Waals surface area contributed by atoms with Gasteiger partial charge in [-0.25, -0.2) is 0 Å². The summed E-state index contributed by atoms with van der Waals surface area (Å²) in [5.74, 6) is 0.203. The molecule has 0 aliphatic carbocycles. The highest BCUT2D eigenvalue weighted by molar-refractivity contribution is 5.72. The molecule has 0 spiro atoms.